The van der Waals surface area contributed by atoms with Crippen LogP contribution in [0.15, 0.2) is 60.9 Å². The smallest absolute Gasteiger partial charge is 0.274 e. The molecule has 0 saturated carbocycles. The van der Waals surface area contributed by atoms with Crippen molar-refractivity contribution in [1.29, 1.82) is 5.26 Å². The molecule has 1 aromatic heterocycles. The van der Waals surface area contributed by atoms with Crippen LogP contribution in [-0.4, -0.2) is 29.0 Å². The Kier molecular flexibility index (Phi) is 5.85. The summed E-state index contributed by atoms with van der Waals surface area (Å²) in [6.45, 7) is 2.21. The highest BCUT2D eigenvalue weighted by Crippen LogP contribution is 2.23. The maximum Gasteiger partial charge on any atom is 0.274 e. The van der Waals surface area contributed by atoms with Crippen molar-refractivity contribution in [2.45, 2.75) is 19.3 Å². The van der Waals surface area contributed by atoms with Crippen molar-refractivity contribution in [3.05, 3.63) is 72.2 Å². The third-order valence-corrected chi connectivity index (χ3v) is 5.01. The molecule has 150 valence electrons. The van der Waals surface area contributed by atoms with E-state index in [4.69, 9.17) is 5.26 Å². The molecular weight excluding hydrogens is 376 g/mol. The number of piperidine rings is 1. The lowest BCUT2D eigenvalue weighted by atomic mass is 10.1. The van der Waals surface area contributed by atoms with Gasteiger partial charge in [0.05, 0.1) is 11.6 Å². The van der Waals surface area contributed by atoms with Gasteiger partial charge in [-0.15, -0.1) is 0 Å². The van der Waals surface area contributed by atoms with E-state index in [-0.39, 0.29) is 11.6 Å². The molecule has 4 rings (SSSR count). The number of nitrogens with zero attached hydrogens (tertiary/aromatic N) is 4. The van der Waals surface area contributed by atoms with Crippen molar-refractivity contribution in [3.8, 4) is 6.07 Å². The predicted molar refractivity (Wildman–Crippen MR) is 117 cm³/mol. The summed E-state index contributed by atoms with van der Waals surface area (Å²) in [6.07, 6.45) is 5.15. The van der Waals surface area contributed by atoms with Gasteiger partial charge in [0.15, 0.2) is 0 Å². The number of hydrogen-bond acceptors (Lipinski definition) is 6. The second-order valence-electron chi connectivity index (χ2n) is 7.15. The van der Waals surface area contributed by atoms with E-state index in [1.807, 2.05) is 12.1 Å². The van der Waals surface area contributed by atoms with Gasteiger partial charge in [-0.3, -0.25) is 4.79 Å². The van der Waals surface area contributed by atoms with Gasteiger partial charge in [0, 0.05) is 36.2 Å². The lowest BCUT2D eigenvalue weighted by Gasteiger charge is -2.28. The zero-order valence-electron chi connectivity index (χ0n) is 16.5. The highest BCUT2D eigenvalue weighted by Gasteiger charge is 2.12. The highest BCUT2D eigenvalue weighted by molar-refractivity contribution is 6.03. The summed E-state index contributed by atoms with van der Waals surface area (Å²) in [7, 11) is 0. The van der Waals surface area contributed by atoms with Crippen molar-refractivity contribution in [2.75, 3.05) is 28.6 Å². The van der Waals surface area contributed by atoms with Crippen molar-refractivity contribution in [2.24, 2.45) is 0 Å². The molecule has 1 amide bonds. The number of amides is 1. The molecule has 1 aliphatic rings. The van der Waals surface area contributed by atoms with Crippen molar-refractivity contribution in [1.82, 2.24) is 9.97 Å². The van der Waals surface area contributed by atoms with E-state index >= 15 is 0 Å². The van der Waals surface area contributed by atoms with Crippen molar-refractivity contribution in [3.63, 3.8) is 0 Å². The number of nitriles is 1. The fraction of sp³-hybridized carbons (Fsp3) is 0.217. The van der Waals surface area contributed by atoms with E-state index in [1.54, 1.807) is 30.3 Å². The van der Waals surface area contributed by atoms with Gasteiger partial charge in [0.2, 0.25) is 0 Å². The molecule has 7 heteroatoms. The van der Waals surface area contributed by atoms with Crippen LogP contribution in [0.3, 0.4) is 0 Å². The van der Waals surface area contributed by atoms with E-state index in [0.717, 1.165) is 18.8 Å². The average molecular weight is 398 g/mol. The maximum absolute atomic E-state index is 12.5. The van der Waals surface area contributed by atoms with E-state index < -0.39 is 0 Å². The van der Waals surface area contributed by atoms with Crippen LogP contribution in [0.2, 0.25) is 0 Å². The first-order valence-corrected chi connectivity index (χ1v) is 9.97. The van der Waals surface area contributed by atoms with Gasteiger partial charge in [-0.2, -0.15) is 5.26 Å². The Morgan fingerprint density at radius 3 is 2.53 bits per heavy atom. The first-order valence-electron chi connectivity index (χ1n) is 9.97. The quantitative estimate of drug-likeness (QED) is 0.664. The Labute approximate surface area is 175 Å². The molecule has 1 saturated heterocycles. The van der Waals surface area contributed by atoms with Gasteiger partial charge in [-0.05, 0) is 61.7 Å². The SMILES string of the molecule is N#Cc1cccc(NC(=O)c2cc(Nc3ccc(N4CCCCC4)cc3)ncn2)c1. The molecule has 1 aliphatic heterocycles. The van der Waals surface area contributed by atoms with Gasteiger partial charge >= 0.3 is 0 Å². The summed E-state index contributed by atoms with van der Waals surface area (Å²) in [5.41, 5.74) is 3.37. The number of benzene rings is 2. The topological polar surface area (TPSA) is 93.9 Å². The monoisotopic (exact) mass is 398 g/mol. The number of aromatic nitrogens is 2. The molecule has 0 atom stereocenters. The van der Waals surface area contributed by atoms with Gasteiger partial charge in [0.25, 0.3) is 5.91 Å². The highest BCUT2D eigenvalue weighted by atomic mass is 16.1. The maximum atomic E-state index is 12.5. The van der Waals surface area contributed by atoms with Gasteiger partial charge < -0.3 is 15.5 Å². The summed E-state index contributed by atoms with van der Waals surface area (Å²) in [4.78, 5) is 23.2. The Hall–Kier alpha value is -3.92. The molecule has 3 aromatic rings. The van der Waals surface area contributed by atoms with E-state index in [9.17, 15) is 4.79 Å². The Bertz CT molecular complexity index is 1070. The Morgan fingerprint density at radius 1 is 0.967 bits per heavy atom. The van der Waals surface area contributed by atoms with Crippen LogP contribution in [0.1, 0.15) is 35.3 Å². The zero-order valence-corrected chi connectivity index (χ0v) is 16.5. The minimum atomic E-state index is -0.365. The minimum absolute atomic E-state index is 0.236. The third kappa shape index (κ3) is 4.73. The molecule has 0 aliphatic carbocycles. The second-order valence-corrected chi connectivity index (χ2v) is 7.15. The van der Waals surface area contributed by atoms with Crippen LogP contribution >= 0.6 is 0 Å². The molecule has 30 heavy (non-hydrogen) atoms. The van der Waals surface area contributed by atoms with Crippen LogP contribution in [0.4, 0.5) is 22.9 Å². The van der Waals surface area contributed by atoms with Gasteiger partial charge in [-0.1, -0.05) is 6.07 Å². The normalized spacial score (nSPS) is 13.4. The lowest BCUT2D eigenvalue weighted by Crippen LogP contribution is -2.29. The molecular formula is C23H22N6O. The molecule has 0 spiro atoms. The predicted octanol–water partition coefficient (Wildman–Crippen LogP) is 4.33. The number of nitrogens with one attached hydrogen (secondary N) is 2. The number of carbonyl (C=O) groups excluding carboxylic acids is 1. The molecule has 2 heterocycles. The summed E-state index contributed by atoms with van der Waals surface area (Å²) in [5.74, 6) is 0.169. The molecule has 0 unspecified atom stereocenters. The van der Waals surface area contributed by atoms with Crippen molar-refractivity contribution < 1.29 is 4.79 Å². The zero-order chi connectivity index (χ0) is 20.8. The van der Waals surface area contributed by atoms with Crippen molar-refractivity contribution >= 4 is 28.8 Å². The van der Waals surface area contributed by atoms with E-state index in [0.29, 0.717) is 17.1 Å². The Balaban J connectivity index is 1.42. The van der Waals surface area contributed by atoms with Crippen LogP contribution in [0.25, 0.3) is 0 Å². The lowest BCUT2D eigenvalue weighted by molar-refractivity contribution is 0.102. The fourth-order valence-corrected chi connectivity index (χ4v) is 3.47. The number of anilines is 4. The van der Waals surface area contributed by atoms with E-state index in [2.05, 4.69) is 43.7 Å². The molecule has 2 N–H and O–H groups in total. The largest absolute Gasteiger partial charge is 0.372 e. The summed E-state index contributed by atoms with van der Waals surface area (Å²) in [5, 5.41) is 15.0. The molecule has 0 radical (unpaired) electrons. The summed E-state index contributed by atoms with van der Waals surface area (Å²) < 4.78 is 0. The van der Waals surface area contributed by atoms with Crippen LogP contribution in [-0.2, 0) is 0 Å². The third-order valence-electron chi connectivity index (χ3n) is 5.01. The fourth-order valence-electron chi connectivity index (χ4n) is 3.47. The average Bonchev–Trinajstić information content (AvgIpc) is 2.80. The summed E-state index contributed by atoms with van der Waals surface area (Å²) in [6, 6.07) is 18.6. The standard InChI is InChI=1S/C23H22N6O/c24-15-17-5-4-6-19(13-17)28-23(30)21-14-22(26-16-25-21)27-18-7-9-20(10-8-18)29-11-2-1-3-12-29/h4-10,13-14,16H,1-3,11-12H2,(H,28,30)(H,25,26,27). The number of hydrogen-bond donors (Lipinski definition) is 2. The summed E-state index contributed by atoms with van der Waals surface area (Å²) >= 11 is 0. The van der Waals surface area contributed by atoms with Gasteiger partial charge in [0.1, 0.15) is 17.8 Å². The van der Waals surface area contributed by atoms with Gasteiger partial charge in [-0.25, -0.2) is 9.97 Å². The first-order chi connectivity index (χ1) is 14.7. The number of rotatable bonds is 5. The second kappa shape index (κ2) is 9.05. The number of carbonyl (C=O) groups is 1. The van der Waals surface area contributed by atoms with Crippen LogP contribution in [0.5, 0.6) is 0 Å². The first kappa shape index (κ1) is 19.4. The minimum Gasteiger partial charge on any atom is -0.372 e. The van der Waals surface area contributed by atoms with E-state index in [1.165, 1.54) is 31.3 Å². The molecule has 0 bridgehead atoms. The Morgan fingerprint density at radius 2 is 1.77 bits per heavy atom. The molecule has 2 aromatic carbocycles. The molecule has 1 fully saturated rings. The van der Waals surface area contributed by atoms with Crippen LogP contribution in [0, 0.1) is 11.3 Å². The molecule has 7 nitrogen and oxygen atoms in total. The van der Waals surface area contributed by atoms with Crippen LogP contribution < -0.4 is 15.5 Å².